The van der Waals surface area contributed by atoms with Crippen LogP contribution in [-0.4, -0.2) is 40.1 Å². The van der Waals surface area contributed by atoms with E-state index in [-0.39, 0.29) is 18.5 Å². The van der Waals surface area contributed by atoms with Gasteiger partial charge in [-0.1, -0.05) is 42.5 Å². The zero-order chi connectivity index (χ0) is 21.8. The first-order chi connectivity index (χ1) is 14.9. The zero-order valence-corrected chi connectivity index (χ0v) is 17.1. The van der Waals surface area contributed by atoms with Crippen molar-refractivity contribution in [2.24, 2.45) is 5.92 Å². The Morgan fingerprint density at radius 3 is 2.42 bits per heavy atom. The smallest absolute Gasteiger partial charge is 0.338 e. The maximum absolute atomic E-state index is 13.5. The topological polar surface area (TPSA) is 50.2 Å². The number of halogens is 3. The van der Waals surface area contributed by atoms with Gasteiger partial charge in [0.05, 0.1) is 11.0 Å². The Balaban J connectivity index is 1.33. The van der Waals surface area contributed by atoms with Crippen LogP contribution in [0.2, 0.25) is 0 Å². The summed E-state index contributed by atoms with van der Waals surface area (Å²) in [6.07, 6.45) is -2.42. The van der Waals surface area contributed by atoms with E-state index in [9.17, 15) is 18.0 Å². The zero-order valence-electron chi connectivity index (χ0n) is 17.1. The molecule has 1 aliphatic rings. The summed E-state index contributed by atoms with van der Waals surface area (Å²) < 4.78 is 41.8. The molecule has 0 unspecified atom stereocenters. The molecule has 8 heteroatoms. The van der Waals surface area contributed by atoms with Gasteiger partial charge in [0.2, 0.25) is 5.82 Å². The molecule has 0 spiro atoms. The van der Waals surface area contributed by atoms with Crippen molar-refractivity contribution in [3.63, 3.8) is 0 Å². The number of carbonyl (C=O) groups is 1. The van der Waals surface area contributed by atoms with Crippen LogP contribution >= 0.6 is 0 Å². The number of nitrogens with zero attached hydrogens (tertiary/aromatic N) is 3. The van der Waals surface area contributed by atoms with E-state index >= 15 is 0 Å². The number of amides is 2. The summed E-state index contributed by atoms with van der Waals surface area (Å²) in [6, 6.07) is 16.5. The average molecular weight is 430 g/mol. The van der Waals surface area contributed by atoms with Gasteiger partial charge < -0.3 is 14.8 Å². The molecule has 0 saturated carbocycles. The van der Waals surface area contributed by atoms with Crippen LogP contribution in [-0.2, 0) is 19.1 Å². The van der Waals surface area contributed by atoms with E-state index in [1.165, 1.54) is 4.57 Å². The molecule has 0 aliphatic carbocycles. The van der Waals surface area contributed by atoms with E-state index in [1.807, 2.05) is 30.3 Å². The molecule has 0 atom stereocenters. The predicted octanol–water partition coefficient (Wildman–Crippen LogP) is 4.72. The molecule has 5 nitrogen and oxygen atoms in total. The Morgan fingerprint density at radius 1 is 1.03 bits per heavy atom. The van der Waals surface area contributed by atoms with Gasteiger partial charge in [-0.2, -0.15) is 13.2 Å². The highest BCUT2D eigenvalue weighted by Crippen LogP contribution is 2.33. The highest BCUT2D eigenvalue weighted by Gasteiger charge is 2.38. The molecule has 1 saturated heterocycles. The maximum Gasteiger partial charge on any atom is 0.449 e. The van der Waals surface area contributed by atoms with Crippen molar-refractivity contribution >= 4 is 17.1 Å². The molecule has 1 aliphatic heterocycles. The third kappa shape index (κ3) is 5.00. The van der Waals surface area contributed by atoms with E-state index in [1.54, 1.807) is 29.2 Å². The quantitative estimate of drug-likeness (QED) is 0.637. The first-order valence-corrected chi connectivity index (χ1v) is 10.5. The summed E-state index contributed by atoms with van der Waals surface area (Å²) in [5.74, 6) is -0.790. The van der Waals surface area contributed by atoms with Crippen LogP contribution in [0.3, 0.4) is 0 Å². The molecule has 2 amide bonds. The number of fused-ring (bicyclic) bond motifs is 1. The van der Waals surface area contributed by atoms with Gasteiger partial charge in [-0.15, -0.1) is 0 Å². The molecule has 1 aromatic heterocycles. The SMILES string of the molecule is O=C(NCCc1ccccc1)N1CCC(Cn2c(C(F)(F)F)nc3ccccc32)CC1. The number of para-hydroxylation sites is 2. The van der Waals surface area contributed by atoms with Gasteiger partial charge in [-0.05, 0) is 42.9 Å². The number of urea groups is 1. The summed E-state index contributed by atoms with van der Waals surface area (Å²) in [4.78, 5) is 18.0. The van der Waals surface area contributed by atoms with E-state index in [4.69, 9.17) is 0 Å². The molecule has 2 aromatic carbocycles. The number of likely N-dealkylation sites (tertiary alicyclic amines) is 1. The second-order valence-electron chi connectivity index (χ2n) is 7.93. The van der Waals surface area contributed by atoms with Crippen molar-refractivity contribution in [1.82, 2.24) is 19.8 Å². The summed E-state index contributed by atoms with van der Waals surface area (Å²) in [7, 11) is 0. The minimum absolute atomic E-state index is 0.0621. The third-order valence-corrected chi connectivity index (χ3v) is 5.78. The van der Waals surface area contributed by atoms with Crippen LogP contribution in [0.25, 0.3) is 11.0 Å². The van der Waals surface area contributed by atoms with Gasteiger partial charge in [0, 0.05) is 26.2 Å². The third-order valence-electron chi connectivity index (χ3n) is 5.78. The number of rotatable bonds is 5. The van der Waals surface area contributed by atoms with Crippen molar-refractivity contribution in [3.05, 3.63) is 66.0 Å². The number of hydrogen-bond donors (Lipinski definition) is 1. The van der Waals surface area contributed by atoms with Crippen LogP contribution in [0.4, 0.5) is 18.0 Å². The summed E-state index contributed by atoms with van der Waals surface area (Å²) in [6.45, 7) is 1.88. The Hall–Kier alpha value is -3.03. The average Bonchev–Trinajstić information content (AvgIpc) is 3.14. The monoisotopic (exact) mass is 430 g/mol. The fraction of sp³-hybridized carbons (Fsp3) is 0.391. The number of hydrogen-bond acceptors (Lipinski definition) is 2. The molecule has 31 heavy (non-hydrogen) atoms. The number of nitrogens with one attached hydrogen (secondary N) is 1. The lowest BCUT2D eigenvalue weighted by Crippen LogP contribution is -2.45. The Kier molecular flexibility index (Phi) is 6.15. The second-order valence-corrected chi connectivity index (χ2v) is 7.93. The van der Waals surface area contributed by atoms with E-state index in [0.29, 0.717) is 43.5 Å². The molecule has 0 radical (unpaired) electrons. The standard InChI is InChI=1S/C23H25F3N4O/c24-23(25,26)21-28-19-8-4-5-9-20(19)30(21)16-18-11-14-29(15-12-18)22(31)27-13-10-17-6-2-1-3-7-17/h1-9,18H,10-16H2,(H,27,31). The fourth-order valence-corrected chi connectivity index (χ4v) is 4.12. The molecule has 1 N–H and O–H groups in total. The summed E-state index contributed by atoms with van der Waals surface area (Å²) in [5.41, 5.74) is 2.01. The fourth-order valence-electron chi connectivity index (χ4n) is 4.12. The van der Waals surface area contributed by atoms with E-state index in [0.717, 1.165) is 12.0 Å². The maximum atomic E-state index is 13.5. The predicted molar refractivity (Wildman–Crippen MR) is 113 cm³/mol. The van der Waals surface area contributed by atoms with Gasteiger partial charge in [0.25, 0.3) is 0 Å². The Bertz CT molecular complexity index is 1020. The van der Waals surface area contributed by atoms with Gasteiger partial charge in [0.15, 0.2) is 0 Å². The number of piperidine rings is 1. The van der Waals surface area contributed by atoms with Crippen LogP contribution < -0.4 is 5.32 Å². The number of imidazole rings is 1. The van der Waals surface area contributed by atoms with Gasteiger partial charge in [-0.25, -0.2) is 9.78 Å². The normalized spacial score (nSPS) is 15.4. The van der Waals surface area contributed by atoms with Crippen LogP contribution in [0.15, 0.2) is 54.6 Å². The van der Waals surface area contributed by atoms with Crippen molar-refractivity contribution in [2.45, 2.75) is 32.0 Å². The molecule has 4 rings (SSSR count). The lowest BCUT2D eigenvalue weighted by Gasteiger charge is -2.32. The minimum Gasteiger partial charge on any atom is -0.338 e. The van der Waals surface area contributed by atoms with Crippen molar-refractivity contribution in [2.75, 3.05) is 19.6 Å². The lowest BCUT2D eigenvalue weighted by molar-refractivity contribution is -0.147. The van der Waals surface area contributed by atoms with Crippen LogP contribution in [0.5, 0.6) is 0 Å². The highest BCUT2D eigenvalue weighted by molar-refractivity contribution is 5.76. The molecular formula is C23H25F3N4O. The van der Waals surface area contributed by atoms with E-state index in [2.05, 4.69) is 10.3 Å². The lowest BCUT2D eigenvalue weighted by atomic mass is 9.96. The first kappa shape index (κ1) is 21.2. The van der Waals surface area contributed by atoms with Crippen LogP contribution in [0, 0.1) is 5.92 Å². The Morgan fingerprint density at radius 2 is 1.71 bits per heavy atom. The van der Waals surface area contributed by atoms with Crippen molar-refractivity contribution in [3.8, 4) is 0 Å². The minimum atomic E-state index is -4.50. The van der Waals surface area contributed by atoms with Gasteiger partial charge in [-0.3, -0.25) is 0 Å². The summed E-state index contributed by atoms with van der Waals surface area (Å²) in [5, 5.41) is 2.94. The number of carbonyl (C=O) groups excluding carboxylic acids is 1. The largest absolute Gasteiger partial charge is 0.449 e. The molecule has 164 valence electrons. The highest BCUT2D eigenvalue weighted by atomic mass is 19.4. The first-order valence-electron chi connectivity index (χ1n) is 10.5. The number of benzene rings is 2. The Labute approximate surface area is 178 Å². The van der Waals surface area contributed by atoms with E-state index < -0.39 is 12.0 Å². The summed E-state index contributed by atoms with van der Waals surface area (Å²) >= 11 is 0. The molecule has 2 heterocycles. The van der Waals surface area contributed by atoms with Gasteiger partial charge in [0.1, 0.15) is 0 Å². The van der Waals surface area contributed by atoms with Crippen molar-refractivity contribution < 1.29 is 18.0 Å². The molecule has 0 bridgehead atoms. The number of aromatic nitrogens is 2. The van der Waals surface area contributed by atoms with Gasteiger partial charge >= 0.3 is 12.2 Å². The molecular weight excluding hydrogens is 405 g/mol. The van der Waals surface area contributed by atoms with Crippen molar-refractivity contribution in [1.29, 1.82) is 0 Å². The molecule has 1 fully saturated rings. The number of alkyl halides is 3. The second kappa shape index (κ2) is 8.99. The molecule has 3 aromatic rings. The van der Waals surface area contributed by atoms with Crippen LogP contribution in [0.1, 0.15) is 24.2 Å².